The summed E-state index contributed by atoms with van der Waals surface area (Å²) in [6, 6.07) is 0. The molecule has 0 aromatic carbocycles. The molecule has 0 aromatic rings. The third kappa shape index (κ3) is 46.3. The van der Waals surface area contributed by atoms with E-state index < -0.39 is 11.9 Å². The molecule has 0 aliphatic rings. The van der Waals surface area contributed by atoms with Gasteiger partial charge in [-0.05, 0) is 51.4 Å². The van der Waals surface area contributed by atoms with Gasteiger partial charge >= 0.3 is 27.3 Å². The van der Waals surface area contributed by atoms with Gasteiger partial charge in [-0.15, -0.1) is 0 Å². The van der Waals surface area contributed by atoms with E-state index in [2.05, 4.69) is 13.8 Å². The first-order valence-corrected chi connectivity index (χ1v) is 18.1. The predicted octanol–water partition coefficient (Wildman–Crippen LogP) is 7.93. The number of carbonyl (C=O) groups is 2. The molecule has 0 bridgehead atoms. The number of carboxylic acids is 2. The molecule has 0 radical (unpaired) electrons. The molecule has 0 spiro atoms. The number of carbonyl (C=O) groups excluding carboxylic acids is 2. The molecular weight excluding hydrogens is 641 g/mol. The zero-order valence-electron chi connectivity index (χ0n) is 28.6. The number of hydrogen-bond acceptors (Lipinski definition) is 6. The van der Waals surface area contributed by atoms with Crippen LogP contribution < -0.4 is 10.2 Å². The van der Waals surface area contributed by atoms with Gasteiger partial charge in [-0.2, -0.15) is 0 Å². The van der Waals surface area contributed by atoms with E-state index >= 15 is 0 Å². The van der Waals surface area contributed by atoms with Crippen molar-refractivity contribution in [1.29, 1.82) is 0 Å². The zero-order valence-corrected chi connectivity index (χ0v) is 32.6. The van der Waals surface area contributed by atoms with Gasteiger partial charge in [0.1, 0.15) is 0 Å². The fourth-order valence-electron chi connectivity index (χ4n) is 5.32. The number of aliphatic hydroxyl groups excluding tert-OH is 2. The summed E-state index contributed by atoms with van der Waals surface area (Å²) < 4.78 is 0. The van der Waals surface area contributed by atoms with Crippen molar-refractivity contribution >= 4 is 11.9 Å². The normalized spacial score (nSPS) is 12.2. The molecule has 0 aliphatic carbocycles. The Morgan fingerprint density at radius 3 is 0.860 bits per heavy atom. The fraction of sp³-hybridized carbons (Fsp3) is 0.944. The molecule has 0 rings (SSSR count). The minimum Gasteiger partial charge on any atom is -0.550 e. The summed E-state index contributed by atoms with van der Waals surface area (Å²) in [6.07, 6.45) is 31.7. The fourth-order valence-corrected chi connectivity index (χ4v) is 5.32. The van der Waals surface area contributed by atoms with Crippen LogP contribution in [-0.2, 0) is 36.9 Å². The second-order valence-corrected chi connectivity index (χ2v) is 12.5. The van der Waals surface area contributed by atoms with Crippen LogP contribution in [0.15, 0.2) is 0 Å². The van der Waals surface area contributed by atoms with E-state index in [1.165, 1.54) is 64.2 Å². The van der Waals surface area contributed by atoms with Crippen LogP contribution in [0, 0.1) is 0 Å². The van der Waals surface area contributed by atoms with E-state index in [0.29, 0.717) is 0 Å². The van der Waals surface area contributed by atoms with Crippen LogP contribution >= 0.6 is 0 Å². The summed E-state index contributed by atoms with van der Waals surface area (Å²) in [5.74, 6) is -1.87. The Morgan fingerprint density at radius 2 is 0.628 bits per heavy atom. The molecule has 252 valence electrons. The second-order valence-electron chi connectivity index (χ2n) is 12.5. The molecule has 0 aliphatic heterocycles. The number of aliphatic hydroxyl groups is 2. The number of hydrogen-bond donors (Lipinski definition) is 2. The quantitative estimate of drug-likeness (QED) is 0.0540. The molecule has 6 nitrogen and oxygen atoms in total. The number of rotatable bonds is 32. The van der Waals surface area contributed by atoms with Crippen molar-refractivity contribution < 1.29 is 57.3 Å². The molecule has 0 heterocycles. The zero-order chi connectivity index (χ0) is 31.5. The molecule has 43 heavy (non-hydrogen) atoms. The van der Waals surface area contributed by atoms with Crippen LogP contribution in [0.5, 0.6) is 0 Å². The van der Waals surface area contributed by atoms with Crippen LogP contribution in [0.25, 0.3) is 0 Å². The van der Waals surface area contributed by atoms with Crippen molar-refractivity contribution in [1.82, 2.24) is 0 Å². The summed E-state index contributed by atoms with van der Waals surface area (Å²) in [7, 11) is 0. The molecular formula is C36H70CdO6. The standard InChI is InChI=1S/2C18H36O3.Cd/c2*1-2-3-4-5-8-11-14-17(19)15-12-9-6-7-10-13-16-18(20)21;/h2*17,19H,2-16H2,1H3,(H,20,21);/q;;+2/p-2. The summed E-state index contributed by atoms with van der Waals surface area (Å²) in [6.45, 7) is 4.46. The largest absolute Gasteiger partial charge is 2.00 e. The maximum Gasteiger partial charge on any atom is 2.00 e. The third-order valence-corrected chi connectivity index (χ3v) is 8.12. The van der Waals surface area contributed by atoms with E-state index in [9.17, 15) is 30.0 Å². The molecule has 2 atom stereocenters. The Bertz CT molecular complexity index is 512. The summed E-state index contributed by atoms with van der Waals surface area (Å²) in [4.78, 5) is 20.5. The average molecular weight is 711 g/mol. The smallest absolute Gasteiger partial charge is 0.550 e. The topological polar surface area (TPSA) is 121 Å². The van der Waals surface area contributed by atoms with Gasteiger partial charge in [0.25, 0.3) is 0 Å². The van der Waals surface area contributed by atoms with Gasteiger partial charge in [0.2, 0.25) is 0 Å². The molecule has 0 saturated heterocycles. The minimum atomic E-state index is -0.937. The van der Waals surface area contributed by atoms with E-state index in [4.69, 9.17) is 0 Å². The molecule has 0 saturated carbocycles. The van der Waals surface area contributed by atoms with Gasteiger partial charge in [-0.25, -0.2) is 0 Å². The Morgan fingerprint density at radius 1 is 0.419 bits per heavy atom. The first-order valence-electron chi connectivity index (χ1n) is 18.1. The van der Waals surface area contributed by atoms with Gasteiger partial charge in [0.05, 0.1) is 12.2 Å². The summed E-state index contributed by atoms with van der Waals surface area (Å²) >= 11 is 0. The Kier molecular flexibility index (Phi) is 43.7. The van der Waals surface area contributed by atoms with Crippen LogP contribution in [0.2, 0.25) is 0 Å². The Hall–Kier alpha value is -0.218. The van der Waals surface area contributed by atoms with Crippen molar-refractivity contribution in [3.8, 4) is 0 Å². The molecule has 2 N–H and O–H groups in total. The maximum absolute atomic E-state index is 10.2. The van der Waals surface area contributed by atoms with Crippen molar-refractivity contribution in [2.24, 2.45) is 0 Å². The monoisotopic (exact) mass is 712 g/mol. The summed E-state index contributed by atoms with van der Waals surface area (Å²) in [5.41, 5.74) is 0. The maximum atomic E-state index is 10.2. The van der Waals surface area contributed by atoms with Gasteiger partial charge in [0, 0.05) is 11.9 Å². The first kappa shape index (κ1) is 47.2. The Labute approximate surface area is 286 Å². The van der Waals surface area contributed by atoms with Gasteiger partial charge in [-0.3, -0.25) is 0 Å². The van der Waals surface area contributed by atoms with E-state index in [1.54, 1.807) is 0 Å². The van der Waals surface area contributed by atoms with Crippen molar-refractivity contribution in [2.45, 2.75) is 219 Å². The van der Waals surface area contributed by atoms with Crippen LogP contribution in [0.1, 0.15) is 206 Å². The number of aliphatic carboxylic acids is 2. The third-order valence-electron chi connectivity index (χ3n) is 8.12. The molecule has 0 amide bonds. The number of carboxylic acid groups (broad SMARTS) is 2. The van der Waals surface area contributed by atoms with Crippen LogP contribution in [-0.4, -0.2) is 34.4 Å². The predicted molar refractivity (Wildman–Crippen MR) is 172 cm³/mol. The molecule has 2 unspecified atom stereocenters. The van der Waals surface area contributed by atoms with Gasteiger partial charge in [-0.1, -0.05) is 155 Å². The summed E-state index contributed by atoms with van der Waals surface area (Å²) in [5, 5.41) is 40.2. The molecule has 0 aromatic heterocycles. The SMILES string of the molecule is CCCCCCCCC(O)CCCCCCCCC(=O)[O-].CCCCCCCCC(O)CCCCCCCCC(=O)[O-].[Cd+2]. The van der Waals surface area contributed by atoms with Crippen LogP contribution in [0.4, 0.5) is 0 Å². The van der Waals surface area contributed by atoms with Gasteiger partial charge in [0.15, 0.2) is 0 Å². The van der Waals surface area contributed by atoms with E-state index in [-0.39, 0.29) is 52.3 Å². The number of unbranched alkanes of at least 4 members (excludes halogenated alkanes) is 20. The Balaban J connectivity index is -0.000000727. The molecule has 7 heteroatoms. The van der Waals surface area contributed by atoms with E-state index in [0.717, 1.165) is 116 Å². The van der Waals surface area contributed by atoms with Crippen LogP contribution in [0.3, 0.4) is 0 Å². The minimum absolute atomic E-state index is 0. The van der Waals surface area contributed by atoms with Gasteiger partial charge < -0.3 is 30.0 Å². The average Bonchev–Trinajstić information content (AvgIpc) is 2.95. The first-order chi connectivity index (χ1) is 20.3. The van der Waals surface area contributed by atoms with E-state index in [1.807, 2.05) is 0 Å². The molecule has 0 fully saturated rings. The second kappa shape index (κ2) is 39.8. The van der Waals surface area contributed by atoms with Crippen molar-refractivity contribution in [2.75, 3.05) is 0 Å². The van der Waals surface area contributed by atoms with Crippen molar-refractivity contribution in [3.63, 3.8) is 0 Å². The van der Waals surface area contributed by atoms with Crippen molar-refractivity contribution in [3.05, 3.63) is 0 Å².